The Morgan fingerprint density at radius 2 is 2.38 bits per heavy atom. The number of aliphatic hydroxyl groups excluding tert-OH is 1. The Balaban J connectivity index is 1.98. The lowest BCUT2D eigenvalue weighted by Gasteiger charge is -2.29. The molecule has 2 N–H and O–H groups in total. The number of rotatable bonds is 3. The van der Waals surface area contributed by atoms with Crippen LogP contribution in [0.5, 0.6) is 5.75 Å². The fourth-order valence-corrected chi connectivity index (χ4v) is 3.51. The maximum Gasteiger partial charge on any atom is 0.321 e. The van der Waals surface area contributed by atoms with Gasteiger partial charge in [0.2, 0.25) is 0 Å². The van der Waals surface area contributed by atoms with Gasteiger partial charge in [0.25, 0.3) is 0 Å². The predicted molar refractivity (Wildman–Crippen MR) is 80.9 cm³/mol. The second-order valence-corrected chi connectivity index (χ2v) is 5.82. The third-order valence-corrected chi connectivity index (χ3v) is 4.84. The van der Waals surface area contributed by atoms with Crippen LogP contribution in [0.2, 0.25) is 0 Å². The van der Waals surface area contributed by atoms with E-state index in [9.17, 15) is 9.90 Å². The van der Waals surface area contributed by atoms with Gasteiger partial charge in [0.1, 0.15) is 5.75 Å². The van der Waals surface area contributed by atoms with E-state index >= 15 is 0 Å². The molecule has 21 heavy (non-hydrogen) atoms. The summed E-state index contributed by atoms with van der Waals surface area (Å²) in [7, 11) is 1.64. The highest BCUT2D eigenvalue weighted by atomic mass is 16.5. The van der Waals surface area contributed by atoms with Crippen LogP contribution in [-0.4, -0.2) is 37.9 Å². The minimum atomic E-state index is -0.113. The molecule has 1 aliphatic heterocycles. The van der Waals surface area contributed by atoms with Gasteiger partial charge in [-0.05, 0) is 43.9 Å². The zero-order valence-corrected chi connectivity index (χ0v) is 12.6. The number of aliphatic hydroxyl groups is 1. The summed E-state index contributed by atoms with van der Waals surface area (Å²) in [5.74, 6) is 1.22. The molecule has 0 radical (unpaired) electrons. The van der Waals surface area contributed by atoms with Crippen molar-refractivity contribution in [3.63, 3.8) is 0 Å². The van der Waals surface area contributed by atoms with Crippen molar-refractivity contribution >= 4 is 11.7 Å². The number of ether oxygens (including phenoxy) is 1. The molecule has 1 heterocycles. The van der Waals surface area contributed by atoms with Crippen LogP contribution in [0.15, 0.2) is 18.2 Å². The lowest BCUT2D eigenvalue weighted by molar-refractivity contribution is 0.224. The van der Waals surface area contributed by atoms with Crippen LogP contribution in [0.25, 0.3) is 0 Å². The third kappa shape index (κ3) is 2.16. The average molecular weight is 290 g/mol. The van der Waals surface area contributed by atoms with Crippen molar-refractivity contribution in [3.05, 3.63) is 23.8 Å². The van der Waals surface area contributed by atoms with E-state index in [4.69, 9.17) is 4.74 Å². The molecule has 1 saturated carbocycles. The quantitative estimate of drug-likeness (QED) is 0.893. The summed E-state index contributed by atoms with van der Waals surface area (Å²) in [6.07, 6.45) is 1.95. The highest BCUT2D eigenvalue weighted by molar-refractivity contribution is 5.92. The van der Waals surface area contributed by atoms with Crippen molar-refractivity contribution in [1.29, 1.82) is 0 Å². The first-order chi connectivity index (χ1) is 10.2. The van der Waals surface area contributed by atoms with Crippen molar-refractivity contribution in [2.45, 2.75) is 25.2 Å². The molecule has 0 bridgehead atoms. The van der Waals surface area contributed by atoms with Crippen LogP contribution in [0.1, 0.15) is 25.3 Å². The number of hydrogen-bond donors (Lipinski definition) is 2. The molecular weight excluding hydrogens is 268 g/mol. The van der Waals surface area contributed by atoms with E-state index in [2.05, 4.69) is 11.4 Å². The molecule has 0 unspecified atom stereocenters. The van der Waals surface area contributed by atoms with E-state index in [0.717, 1.165) is 29.8 Å². The topological polar surface area (TPSA) is 61.8 Å². The van der Waals surface area contributed by atoms with Crippen molar-refractivity contribution in [2.24, 2.45) is 5.92 Å². The van der Waals surface area contributed by atoms with Gasteiger partial charge in [-0.1, -0.05) is 0 Å². The van der Waals surface area contributed by atoms with Crippen LogP contribution in [0.3, 0.4) is 0 Å². The molecule has 3 rings (SSSR count). The summed E-state index contributed by atoms with van der Waals surface area (Å²) < 4.78 is 5.75. The van der Waals surface area contributed by atoms with Gasteiger partial charge >= 0.3 is 6.03 Å². The maximum atomic E-state index is 12.0. The van der Waals surface area contributed by atoms with Gasteiger partial charge in [0.05, 0.1) is 6.61 Å². The number of nitrogens with zero attached hydrogens (tertiary/aromatic N) is 1. The van der Waals surface area contributed by atoms with Gasteiger partial charge < -0.3 is 15.2 Å². The van der Waals surface area contributed by atoms with Crippen molar-refractivity contribution in [1.82, 2.24) is 5.32 Å². The molecule has 1 aromatic carbocycles. The first kappa shape index (κ1) is 14.2. The van der Waals surface area contributed by atoms with Gasteiger partial charge in [-0.25, -0.2) is 4.79 Å². The Morgan fingerprint density at radius 1 is 1.57 bits per heavy atom. The summed E-state index contributed by atoms with van der Waals surface area (Å²) in [5, 5.41) is 12.2. The van der Waals surface area contributed by atoms with Gasteiger partial charge in [-0.3, -0.25) is 4.90 Å². The summed E-state index contributed by atoms with van der Waals surface area (Å²) in [6.45, 7) is 3.48. The van der Waals surface area contributed by atoms with Crippen molar-refractivity contribution < 1.29 is 14.6 Å². The number of anilines is 1. The van der Waals surface area contributed by atoms with E-state index in [1.54, 1.807) is 11.9 Å². The van der Waals surface area contributed by atoms with Gasteiger partial charge in [-0.15, -0.1) is 0 Å². The van der Waals surface area contributed by atoms with Crippen molar-refractivity contribution in [2.75, 3.05) is 31.7 Å². The van der Waals surface area contributed by atoms with Gasteiger partial charge in [0.15, 0.2) is 0 Å². The minimum absolute atomic E-state index is 0.0560. The molecule has 5 nitrogen and oxygen atoms in total. The van der Waals surface area contributed by atoms with Crippen LogP contribution in [0, 0.1) is 5.92 Å². The predicted octanol–water partition coefficient (Wildman–Crippen LogP) is 1.88. The number of carbonyl (C=O) groups is 1. The molecule has 0 aromatic heterocycles. The lowest BCUT2D eigenvalue weighted by atomic mass is 9.87. The van der Waals surface area contributed by atoms with Crippen LogP contribution in [0.4, 0.5) is 10.5 Å². The Bertz CT molecular complexity index is 560. The van der Waals surface area contributed by atoms with Gasteiger partial charge in [0, 0.05) is 36.9 Å². The summed E-state index contributed by atoms with van der Waals surface area (Å²) >= 11 is 0. The standard InChI is InChI=1S/C16H22N2O3/c1-3-18(15(20)17-2)12-4-5-14-13(8-12)16(6-7-21-14)9-11(16)10-19/h4-5,8,11,19H,3,6-7,9-10H2,1-2H3,(H,17,20)/t11-,16+/m0/s1. The monoisotopic (exact) mass is 290 g/mol. The zero-order chi connectivity index (χ0) is 15.0. The first-order valence-corrected chi connectivity index (χ1v) is 7.53. The summed E-state index contributed by atoms with van der Waals surface area (Å²) in [5.41, 5.74) is 2.08. The smallest absolute Gasteiger partial charge is 0.321 e. The van der Waals surface area contributed by atoms with E-state index in [1.807, 2.05) is 19.1 Å². The molecular formula is C16H22N2O3. The number of benzene rings is 1. The Hall–Kier alpha value is -1.75. The van der Waals surface area contributed by atoms with E-state index in [0.29, 0.717) is 19.1 Å². The van der Waals surface area contributed by atoms with Gasteiger partial charge in [-0.2, -0.15) is 0 Å². The number of fused-ring (bicyclic) bond motifs is 2. The number of amides is 2. The molecule has 1 fully saturated rings. The lowest BCUT2D eigenvalue weighted by Crippen LogP contribution is -2.38. The van der Waals surface area contributed by atoms with E-state index < -0.39 is 0 Å². The second-order valence-electron chi connectivity index (χ2n) is 5.82. The SMILES string of the molecule is CCN(C(=O)NC)c1ccc2c(c1)[C@]1(CCO2)C[C@H]1CO. The molecule has 5 heteroatoms. The van der Waals surface area contributed by atoms with E-state index in [1.165, 1.54) is 0 Å². The minimum Gasteiger partial charge on any atom is -0.493 e. The highest BCUT2D eigenvalue weighted by Crippen LogP contribution is 2.60. The highest BCUT2D eigenvalue weighted by Gasteiger charge is 2.57. The Labute approximate surface area is 124 Å². The van der Waals surface area contributed by atoms with Crippen LogP contribution < -0.4 is 15.0 Å². The first-order valence-electron chi connectivity index (χ1n) is 7.53. The normalized spacial score (nSPS) is 26.0. The average Bonchev–Trinajstić information content (AvgIpc) is 3.22. The number of carbonyl (C=O) groups excluding carboxylic acids is 1. The van der Waals surface area contributed by atoms with Crippen LogP contribution >= 0.6 is 0 Å². The van der Waals surface area contributed by atoms with Crippen molar-refractivity contribution in [3.8, 4) is 5.75 Å². The second kappa shape index (κ2) is 5.22. The molecule has 0 saturated heterocycles. The number of hydrogen-bond acceptors (Lipinski definition) is 3. The zero-order valence-electron chi connectivity index (χ0n) is 12.6. The largest absolute Gasteiger partial charge is 0.493 e. The van der Waals surface area contributed by atoms with Crippen LogP contribution in [-0.2, 0) is 5.41 Å². The molecule has 1 aromatic rings. The Kier molecular flexibility index (Phi) is 3.53. The summed E-state index contributed by atoms with van der Waals surface area (Å²) in [4.78, 5) is 13.7. The molecule has 2 atom stereocenters. The maximum absolute atomic E-state index is 12.0. The molecule has 1 aliphatic carbocycles. The number of urea groups is 1. The summed E-state index contributed by atoms with van der Waals surface area (Å²) in [6, 6.07) is 5.82. The van der Waals surface area contributed by atoms with E-state index in [-0.39, 0.29) is 18.1 Å². The number of nitrogens with one attached hydrogen (secondary N) is 1. The fourth-order valence-electron chi connectivity index (χ4n) is 3.51. The Morgan fingerprint density at radius 3 is 3.00 bits per heavy atom. The molecule has 114 valence electrons. The molecule has 2 amide bonds. The third-order valence-electron chi connectivity index (χ3n) is 4.84. The molecule has 2 aliphatic rings. The fraction of sp³-hybridized carbons (Fsp3) is 0.562. The molecule has 1 spiro atoms.